The first-order valence-electron chi connectivity index (χ1n) is 10.6. The zero-order valence-electron chi connectivity index (χ0n) is 17.5. The first kappa shape index (κ1) is 21.2. The highest BCUT2D eigenvalue weighted by atomic mass is 16.3. The van der Waals surface area contributed by atoms with E-state index in [2.05, 4.69) is 20.1 Å². The van der Waals surface area contributed by atoms with Gasteiger partial charge in [-0.3, -0.25) is 9.59 Å². The fourth-order valence-electron chi connectivity index (χ4n) is 5.42. The van der Waals surface area contributed by atoms with Gasteiger partial charge < -0.3 is 24.6 Å². The van der Waals surface area contributed by atoms with E-state index in [1.807, 2.05) is 34.8 Å². The molecule has 5 rings (SSSR count). The molecule has 1 amide bonds. The van der Waals surface area contributed by atoms with Gasteiger partial charge >= 0.3 is 0 Å². The molecule has 5 heterocycles. The minimum Gasteiger partial charge on any atom is -0.483 e. The SMILES string of the molecule is Cn1ccnc1-c1ccc(N2C[C@H]3C[C@@H](C2)[C@H](CO)N2C(=O)CCC[C@@H]32)nn1.O=CO. The molecule has 0 aliphatic carbocycles. The summed E-state index contributed by atoms with van der Waals surface area (Å²) in [5.74, 6) is 2.59. The summed E-state index contributed by atoms with van der Waals surface area (Å²) in [5, 5.41) is 25.8. The molecule has 10 nitrogen and oxygen atoms in total. The summed E-state index contributed by atoms with van der Waals surface area (Å²) in [4.78, 5) is 29.5. The van der Waals surface area contributed by atoms with Gasteiger partial charge in [0.2, 0.25) is 5.91 Å². The van der Waals surface area contributed by atoms with Crippen molar-refractivity contribution in [2.24, 2.45) is 18.9 Å². The van der Waals surface area contributed by atoms with Crippen molar-refractivity contribution in [3.05, 3.63) is 24.5 Å². The van der Waals surface area contributed by atoms with Crippen LogP contribution in [0.3, 0.4) is 0 Å². The van der Waals surface area contributed by atoms with E-state index in [4.69, 9.17) is 9.90 Å². The Labute approximate surface area is 180 Å². The molecule has 166 valence electrons. The molecule has 2 bridgehead atoms. The van der Waals surface area contributed by atoms with Crippen LogP contribution < -0.4 is 4.90 Å². The second-order valence-electron chi connectivity index (χ2n) is 8.42. The summed E-state index contributed by atoms with van der Waals surface area (Å²) in [6.07, 6.45) is 7.34. The van der Waals surface area contributed by atoms with Crippen LogP contribution in [0, 0.1) is 11.8 Å². The van der Waals surface area contributed by atoms with E-state index in [0.717, 1.165) is 49.7 Å². The van der Waals surface area contributed by atoms with E-state index in [1.165, 1.54) is 0 Å². The van der Waals surface area contributed by atoms with E-state index >= 15 is 0 Å². The molecule has 3 saturated heterocycles. The van der Waals surface area contributed by atoms with Crippen molar-refractivity contribution < 1.29 is 19.8 Å². The molecule has 0 saturated carbocycles. The van der Waals surface area contributed by atoms with Crippen LogP contribution in [0.4, 0.5) is 5.82 Å². The molecule has 0 spiro atoms. The van der Waals surface area contributed by atoms with Crippen LogP contribution in [-0.4, -0.2) is 79.0 Å². The topological polar surface area (TPSA) is 125 Å². The Hall–Kier alpha value is -3.01. The zero-order chi connectivity index (χ0) is 22.0. The van der Waals surface area contributed by atoms with Crippen LogP contribution in [0.25, 0.3) is 11.5 Å². The number of aliphatic hydroxyl groups is 1. The van der Waals surface area contributed by atoms with E-state index in [1.54, 1.807) is 6.20 Å². The smallest absolute Gasteiger partial charge is 0.290 e. The van der Waals surface area contributed by atoms with Gasteiger partial charge in [-0.05, 0) is 43.2 Å². The Bertz CT molecular complexity index is 903. The highest BCUT2D eigenvalue weighted by Gasteiger charge is 2.49. The second-order valence-corrected chi connectivity index (χ2v) is 8.42. The summed E-state index contributed by atoms with van der Waals surface area (Å²) in [7, 11) is 1.94. The van der Waals surface area contributed by atoms with Gasteiger partial charge in [0.25, 0.3) is 6.47 Å². The number of rotatable bonds is 3. The number of nitrogens with zero attached hydrogens (tertiary/aromatic N) is 6. The lowest BCUT2D eigenvalue weighted by atomic mass is 9.72. The van der Waals surface area contributed by atoms with Crippen molar-refractivity contribution >= 4 is 18.2 Å². The van der Waals surface area contributed by atoms with Gasteiger partial charge in [0.1, 0.15) is 5.69 Å². The lowest BCUT2D eigenvalue weighted by Crippen LogP contribution is -2.66. The molecule has 10 heteroatoms. The number of aryl methyl sites for hydroxylation is 1. The molecule has 4 atom stereocenters. The summed E-state index contributed by atoms with van der Waals surface area (Å²) < 4.78 is 1.93. The van der Waals surface area contributed by atoms with Crippen molar-refractivity contribution in [3.63, 3.8) is 0 Å². The Kier molecular flexibility index (Phi) is 6.17. The number of aliphatic hydroxyl groups excluding tert-OH is 1. The number of anilines is 1. The van der Waals surface area contributed by atoms with Gasteiger partial charge in [-0.15, -0.1) is 10.2 Å². The molecular weight excluding hydrogens is 400 g/mol. The molecule has 0 unspecified atom stereocenters. The van der Waals surface area contributed by atoms with Gasteiger partial charge in [-0.25, -0.2) is 4.98 Å². The monoisotopic (exact) mass is 428 g/mol. The molecule has 0 radical (unpaired) electrons. The lowest BCUT2D eigenvalue weighted by Gasteiger charge is -2.56. The van der Waals surface area contributed by atoms with Crippen molar-refractivity contribution in [2.45, 2.75) is 37.8 Å². The summed E-state index contributed by atoms with van der Waals surface area (Å²) in [5.41, 5.74) is 0.755. The van der Waals surface area contributed by atoms with Crippen molar-refractivity contribution in [3.8, 4) is 11.5 Å². The lowest BCUT2D eigenvalue weighted by molar-refractivity contribution is -0.150. The van der Waals surface area contributed by atoms with Crippen molar-refractivity contribution in [1.82, 2.24) is 24.6 Å². The normalized spacial score (nSPS) is 27.2. The first-order valence-corrected chi connectivity index (χ1v) is 10.6. The van der Waals surface area contributed by atoms with Gasteiger partial charge in [-0.2, -0.15) is 0 Å². The predicted molar refractivity (Wildman–Crippen MR) is 112 cm³/mol. The van der Waals surface area contributed by atoms with Crippen LogP contribution >= 0.6 is 0 Å². The molecule has 31 heavy (non-hydrogen) atoms. The van der Waals surface area contributed by atoms with Crippen LogP contribution in [0.15, 0.2) is 24.5 Å². The average Bonchev–Trinajstić information content (AvgIpc) is 3.21. The van der Waals surface area contributed by atoms with Gasteiger partial charge in [0.15, 0.2) is 11.6 Å². The number of aromatic nitrogens is 4. The predicted octanol–water partition coefficient (Wildman–Crippen LogP) is 0.776. The fourth-order valence-corrected chi connectivity index (χ4v) is 5.42. The van der Waals surface area contributed by atoms with Gasteiger partial charge in [-0.1, -0.05) is 0 Å². The van der Waals surface area contributed by atoms with E-state index in [-0.39, 0.29) is 37.0 Å². The van der Waals surface area contributed by atoms with Crippen LogP contribution in [0.5, 0.6) is 0 Å². The Morgan fingerprint density at radius 1 is 1.23 bits per heavy atom. The van der Waals surface area contributed by atoms with Crippen LogP contribution in [-0.2, 0) is 16.6 Å². The number of hydrogen-bond acceptors (Lipinski definition) is 7. The maximum Gasteiger partial charge on any atom is 0.290 e. The summed E-state index contributed by atoms with van der Waals surface area (Å²) in [6.45, 7) is 1.48. The number of carboxylic acid groups (broad SMARTS) is 1. The number of carbonyl (C=O) groups excluding carboxylic acids is 1. The summed E-state index contributed by atoms with van der Waals surface area (Å²) in [6, 6.07) is 4.15. The summed E-state index contributed by atoms with van der Waals surface area (Å²) >= 11 is 0. The standard InChI is InChI=1S/C20H26N6O2.CH2O2/c1-24-8-7-21-20(24)15-5-6-18(23-22-15)25-10-13-9-14(11-25)17(12-27)26-16(13)3-2-4-19(26)28;2-1-3/h5-8,13-14,16-17,27H,2-4,9-12H2,1H3;1H,(H,2,3)/t13-,14+,16+,17+;/m1./s1. The van der Waals surface area contributed by atoms with E-state index in [9.17, 15) is 9.90 Å². The number of carbonyl (C=O) groups is 2. The largest absolute Gasteiger partial charge is 0.483 e. The zero-order valence-corrected chi connectivity index (χ0v) is 17.5. The second kappa shape index (κ2) is 9.01. The average molecular weight is 428 g/mol. The number of imidazole rings is 1. The third-order valence-electron chi connectivity index (χ3n) is 6.71. The van der Waals surface area contributed by atoms with Gasteiger partial charge in [0.05, 0.1) is 12.6 Å². The Morgan fingerprint density at radius 3 is 2.65 bits per heavy atom. The number of piperidine rings is 3. The highest BCUT2D eigenvalue weighted by Crippen LogP contribution is 2.42. The Morgan fingerprint density at radius 2 is 2.00 bits per heavy atom. The molecule has 3 aliphatic heterocycles. The quantitative estimate of drug-likeness (QED) is 0.687. The molecule has 2 aromatic heterocycles. The van der Waals surface area contributed by atoms with E-state index < -0.39 is 0 Å². The maximum atomic E-state index is 12.5. The molecule has 3 fully saturated rings. The number of hydrogen-bond donors (Lipinski definition) is 2. The maximum absolute atomic E-state index is 12.5. The minimum atomic E-state index is -0.250. The van der Waals surface area contributed by atoms with Crippen LogP contribution in [0.1, 0.15) is 25.7 Å². The molecule has 2 N–H and O–H groups in total. The molecule has 0 aromatic carbocycles. The minimum absolute atomic E-state index is 0.0389. The van der Waals surface area contributed by atoms with Crippen molar-refractivity contribution in [1.29, 1.82) is 0 Å². The third kappa shape index (κ3) is 3.99. The van der Waals surface area contributed by atoms with Crippen LogP contribution in [0.2, 0.25) is 0 Å². The molecule has 3 aliphatic rings. The molecule has 2 aromatic rings. The Balaban J connectivity index is 0.000000730. The van der Waals surface area contributed by atoms with E-state index in [0.29, 0.717) is 12.3 Å². The molecular formula is C21H28N6O4. The third-order valence-corrected chi connectivity index (χ3v) is 6.71. The van der Waals surface area contributed by atoms with Gasteiger partial charge in [0, 0.05) is 45.0 Å². The number of fused-ring (bicyclic) bond motifs is 4. The number of amides is 1. The first-order chi connectivity index (χ1) is 15.1. The van der Waals surface area contributed by atoms with Crippen molar-refractivity contribution in [2.75, 3.05) is 24.6 Å². The highest BCUT2D eigenvalue weighted by molar-refractivity contribution is 5.78. The fraction of sp³-hybridized carbons (Fsp3) is 0.571.